The van der Waals surface area contributed by atoms with Gasteiger partial charge in [-0.15, -0.1) is 0 Å². The molecule has 0 atom stereocenters. The van der Waals surface area contributed by atoms with Crippen molar-refractivity contribution in [1.29, 1.82) is 5.26 Å². The summed E-state index contributed by atoms with van der Waals surface area (Å²) in [6, 6.07) is 7.36. The van der Waals surface area contributed by atoms with Crippen molar-refractivity contribution in [1.82, 2.24) is 24.5 Å². The summed E-state index contributed by atoms with van der Waals surface area (Å²) in [5.41, 5.74) is 7.19. The Morgan fingerprint density at radius 1 is 1.13 bits per heavy atom. The van der Waals surface area contributed by atoms with Crippen molar-refractivity contribution >= 4 is 22.7 Å². The van der Waals surface area contributed by atoms with E-state index in [4.69, 9.17) is 5.73 Å². The first kappa shape index (κ1) is 20.6. The lowest BCUT2D eigenvalue weighted by Gasteiger charge is -2.11. The maximum absolute atomic E-state index is 13.7. The lowest BCUT2D eigenvalue weighted by Crippen LogP contribution is -2.11. The fourth-order valence-corrected chi connectivity index (χ4v) is 2.84. The molecule has 10 heteroatoms. The number of hydrogen-bond acceptors (Lipinski definition) is 7. The van der Waals surface area contributed by atoms with Crippen LogP contribution in [0.5, 0.6) is 0 Å². The van der Waals surface area contributed by atoms with Gasteiger partial charge in [0, 0.05) is 12.1 Å². The van der Waals surface area contributed by atoms with Gasteiger partial charge < -0.3 is 11.1 Å². The van der Waals surface area contributed by atoms with E-state index in [0.717, 1.165) is 6.20 Å². The van der Waals surface area contributed by atoms with E-state index in [9.17, 15) is 14.0 Å². The number of nitrogen functional groups attached to an aromatic ring is 1. The summed E-state index contributed by atoms with van der Waals surface area (Å²) in [6.07, 6.45) is 3.79. The highest BCUT2D eigenvalue weighted by molar-refractivity contribution is 5.78. The minimum Gasteiger partial charge on any atom is -0.382 e. The summed E-state index contributed by atoms with van der Waals surface area (Å²) < 4.78 is 29.0. The van der Waals surface area contributed by atoms with Gasteiger partial charge in [-0.2, -0.15) is 5.26 Å². The van der Waals surface area contributed by atoms with Gasteiger partial charge in [-0.25, -0.2) is 23.7 Å². The molecule has 0 saturated heterocycles. The average Bonchev–Trinajstić information content (AvgIpc) is 3.11. The van der Waals surface area contributed by atoms with E-state index in [-0.39, 0.29) is 23.7 Å². The number of halogens is 2. The van der Waals surface area contributed by atoms with Gasteiger partial charge in [0.1, 0.15) is 47.1 Å². The summed E-state index contributed by atoms with van der Waals surface area (Å²) in [5, 5.41) is 12.2. The fourth-order valence-electron chi connectivity index (χ4n) is 2.84. The molecule has 0 aliphatic carbocycles. The number of rotatable bonds is 4. The topological polar surface area (TPSA) is 118 Å². The molecule has 0 amide bonds. The molecule has 3 N–H and O–H groups in total. The van der Waals surface area contributed by atoms with Crippen molar-refractivity contribution in [3.63, 3.8) is 0 Å². The number of fused-ring (bicyclic) bond motifs is 1. The average molecular weight is 408 g/mol. The molecule has 3 aromatic heterocycles. The number of nitrogens with zero attached hydrogens (tertiary/aromatic N) is 6. The molecule has 0 radical (unpaired) electrons. The number of nitrogens with one attached hydrogen (secondary N) is 1. The van der Waals surface area contributed by atoms with Crippen molar-refractivity contribution in [2.45, 2.75) is 20.4 Å². The minimum absolute atomic E-state index is 0.0462. The SMILES string of the molecule is CC.N#Cc1c(N)ncnc1NCc1nc2cc(F)ccc2n1-c1cncc(F)c1. The molecule has 0 fully saturated rings. The summed E-state index contributed by atoms with van der Waals surface area (Å²) in [6.45, 7) is 4.11. The molecule has 4 rings (SSSR count). The van der Waals surface area contributed by atoms with Crippen molar-refractivity contribution in [3.05, 3.63) is 66.0 Å². The van der Waals surface area contributed by atoms with Crippen LogP contribution < -0.4 is 11.1 Å². The lowest BCUT2D eigenvalue weighted by molar-refractivity contribution is 0.619. The van der Waals surface area contributed by atoms with Gasteiger partial charge in [-0.3, -0.25) is 9.55 Å². The monoisotopic (exact) mass is 408 g/mol. The van der Waals surface area contributed by atoms with Crippen molar-refractivity contribution in [2.24, 2.45) is 0 Å². The van der Waals surface area contributed by atoms with Crippen LogP contribution in [0, 0.1) is 23.0 Å². The highest BCUT2D eigenvalue weighted by Crippen LogP contribution is 2.24. The Labute approximate surface area is 171 Å². The fraction of sp³-hybridized carbons (Fsp3) is 0.150. The summed E-state index contributed by atoms with van der Waals surface area (Å²) in [5.74, 6) is -0.240. The van der Waals surface area contributed by atoms with Crippen molar-refractivity contribution in [3.8, 4) is 11.8 Å². The second kappa shape index (κ2) is 8.91. The molecule has 30 heavy (non-hydrogen) atoms. The van der Waals surface area contributed by atoms with E-state index in [2.05, 4.69) is 25.3 Å². The maximum Gasteiger partial charge on any atom is 0.149 e. The van der Waals surface area contributed by atoms with Crippen LogP contribution in [0.3, 0.4) is 0 Å². The highest BCUT2D eigenvalue weighted by Gasteiger charge is 2.15. The summed E-state index contributed by atoms with van der Waals surface area (Å²) >= 11 is 0. The van der Waals surface area contributed by atoms with Crippen LogP contribution in [0.2, 0.25) is 0 Å². The van der Waals surface area contributed by atoms with Gasteiger partial charge in [0.05, 0.1) is 35.7 Å². The third-order valence-corrected chi connectivity index (χ3v) is 4.04. The highest BCUT2D eigenvalue weighted by atomic mass is 19.1. The molecular weight excluding hydrogens is 390 g/mol. The Hall–Kier alpha value is -4.13. The van der Waals surface area contributed by atoms with Gasteiger partial charge in [-0.1, -0.05) is 13.8 Å². The molecule has 0 saturated carbocycles. The molecule has 0 bridgehead atoms. The standard InChI is InChI=1S/C18H12F2N8.C2H6/c19-10-1-2-15-14(4-10)27-16(28(15)12-3-11(20)6-23-7-12)8-24-18-13(5-21)17(22)25-9-26-18;1-2/h1-4,6-7,9H,8H2,(H3,22,24,25,26);1-2H3. The summed E-state index contributed by atoms with van der Waals surface area (Å²) in [4.78, 5) is 16.1. The Kier molecular flexibility index (Phi) is 6.12. The van der Waals surface area contributed by atoms with Gasteiger partial charge in [0.25, 0.3) is 0 Å². The molecular formula is C20H18F2N8. The third kappa shape index (κ3) is 4.00. The largest absolute Gasteiger partial charge is 0.382 e. The maximum atomic E-state index is 13.7. The van der Waals surface area contributed by atoms with E-state index >= 15 is 0 Å². The number of pyridine rings is 1. The Morgan fingerprint density at radius 3 is 2.67 bits per heavy atom. The van der Waals surface area contributed by atoms with E-state index in [1.807, 2.05) is 19.9 Å². The zero-order valence-electron chi connectivity index (χ0n) is 16.3. The number of anilines is 2. The molecule has 4 aromatic rings. The van der Waals surface area contributed by atoms with Crippen molar-refractivity contribution < 1.29 is 8.78 Å². The molecule has 0 unspecified atom stereocenters. The summed E-state index contributed by atoms with van der Waals surface area (Å²) in [7, 11) is 0. The molecule has 0 aliphatic rings. The van der Waals surface area contributed by atoms with Crippen LogP contribution in [0.15, 0.2) is 43.0 Å². The number of imidazole rings is 1. The number of hydrogen-bond donors (Lipinski definition) is 2. The van der Waals surface area contributed by atoms with E-state index in [0.29, 0.717) is 22.5 Å². The number of aromatic nitrogens is 5. The predicted molar refractivity (Wildman–Crippen MR) is 109 cm³/mol. The quantitative estimate of drug-likeness (QED) is 0.530. The van der Waals surface area contributed by atoms with Gasteiger partial charge in [-0.05, 0) is 12.1 Å². The van der Waals surface area contributed by atoms with Crippen LogP contribution in [0.25, 0.3) is 16.7 Å². The minimum atomic E-state index is -0.518. The number of nitriles is 1. The molecule has 0 aliphatic heterocycles. The molecule has 152 valence electrons. The predicted octanol–water partition coefficient (Wildman–Crippen LogP) is 3.58. The van der Waals surface area contributed by atoms with E-state index in [1.165, 1.54) is 30.7 Å². The zero-order chi connectivity index (χ0) is 21.7. The van der Waals surface area contributed by atoms with Crippen LogP contribution >= 0.6 is 0 Å². The third-order valence-electron chi connectivity index (χ3n) is 4.04. The Bertz CT molecular complexity index is 1230. The van der Waals surface area contributed by atoms with E-state index < -0.39 is 11.6 Å². The normalized spacial score (nSPS) is 10.2. The van der Waals surface area contributed by atoms with Crippen molar-refractivity contribution in [2.75, 3.05) is 11.1 Å². The van der Waals surface area contributed by atoms with Crippen LogP contribution in [-0.2, 0) is 6.54 Å². The molecule has 1 aromatic carbocycles. The molecule has 8 nitrogen and oxygen atoms in total. The molecule has 3 heterocycles. The number of nitrogens with two attached hydrogens (primary N) is 1. The van der Waals surface area contributed by atoms with E-state index in [1.54, 1.807) is 10.6 Å². The number of benzene rings is 1. The Balaban J connectivity index is 0.00000124. The smallest absolute Gasteiger partial charge is 0.149 e. The Morgan fingerprint density at radius 2 is 1.93 bits per heavy atom. The molecule has 0 spiro atoms. The first-order valence-corrected chi connectivity index (χ1v) is 9.09. The second-order valence-electron chi connectivity index (χ2n) is 5.81. The van der Waals surface area contributed by atoms with Gasteiger partial charge in [0.2, 0.25) is 0 Å². The first-order valence-electron chi connectivity index (χ1n) is 9.09. The lowest BCUT2D eigenvalue weighted by atomic mass is 10.3. The van der Waals surface area contributed by atoms with Crippen LogP contribution in [0.1, 0.15) is 25.2 Å². The second-order valence-corrected chi connectivity index (χ2v) is 5.81. The van der Waals surface area contributed by atoms with Gasteiger partial charge >= 0.3 is 0 Å². The van der Waals surface area contributed by atoms with Gasteiger partial charge in [0.15, 0.2) is 0 Å². The first-order chi connectivity index (χ1) is 14.6. The van der Waals surface area contributed by atoms with Crippen LogP contribution in [-0.4, -0.2) is 24.5 Å². The van der Waals surface area contributed by atoms with Crippen LogP contribution in [0.4, 0.5) is 20.4 Å². The zero-order valence-corrected chi connectivity index (χ0v) is 16.3.